The number of amides is 2. The van der Waals surface area contributed by atoms with Gasteiger partial charge in [-0.15, -0.1) is 0 Å². The van der Waals surface area contributed by atoms with Crippen molar-refractivity contribution in [2.45, 2.75) is 51.2 Å². The van der Waals surface area contributed by atoms with Crippen molar-refractivity contribution in [3.05, 3.63) is 96.1 Å². The molecule has 0 unspecified atom stereocenters. The Labute approximate surface area is 246 Å². The third-order valence-electron chi connectivity index (χ3n) is 7.52. The Morgan fingerprint density at radius 3 is 2.17 bits per heavy atom. The molecular formula is C33H38N2O5S. The molecule has 41 heavy (non-hydrogen) atoms. The normalized spacial score (nSPS) is 19.1. The van der Waals surface area contributed by atoms with Gasteiger partial charge in [-0.1, -0.05) is 72.4 Å². The van der Waals surface area contributed by atoms with E-state index in [1.54, 1.807) is 43.5 Å². The van der Waals surface area contributed by atoms with E-state index < -0.39 is 11.5 Å². The maximum atomic E-state index is 14.1. The number of anilines is 1. The summed E-state index contributed by atoms with van der Waals surface area (Å²) in [5.41, 5.74) is 1.36. The van der Waals surface area contributed by atoms with Gasteiger partial charge in [0.1, 0.15) is 11.8 Å². The predicted octanol–water partition coefficient (Wildman–Crippen LogP) is 5.90. The summed E-state index contributed by atoms with van der Waals surface area (Å²) in [6.07, 6.45) is 3.04. The van der Waals surface area contributed by atoms with Gasteiger partial charge in [-0.2, -0.15) is 0 Å². The van der Waals surface area contributed by atoms with Crippen LogP contribution in [0.1, 0.15) is 48.5 Å². The fourth-order valence-corrected chi connectivity index (χ4v) is 6.25. The van der Waals surface area contributed by atoms with E-state index in [9.17, 15) is 14.4 Å². The first kappa shape index (κ1) is 30.3. The van der Waals surface area contributed by atoms with Crippen LogP contribution in [0.15, 0.2) is 84.9 Å². The molecule has 1 fully saturated rings. The third-order valence-corrected chi connectivity index (χ3v) is 8.72. The summed E-state index contributed by atoms with van der Waals surface area (Å²) in [6.45, 7) is 2.59. The minimum atomic E-state index is -0.802. The summed E-state index contributed by atoms with van der Waals surface area (Å²) < 4.78 is 11.1. The zero-order chi connectivity index (χ0) is 29.1. The molecular weight excluding hydrogens is 536 g/mol. The molecule has 0 aliphatic heterocycles. The van der Waals surface area contributed by atoms with Crippen molar-refractivity contribution in [3.63, 3.8) is 0 Å². The zero-order valence-electron chi connectivity index (χ0n) is 23.6. The second-order valence-electron chi connectivity index (χ2n) is 10.3. The predicted molar refractivity (Wildman–Crippen MR) is 163 cm³/mol. The molecule has 3 aromatic rings. The maximum absolute atomic E-state index is 14.1. The van der Waals surface area contributed by atoms with Crippen molar-refractivity contribution < 1.29 is 23.9 Å². The van der Waals surface area contributed by atoms with Gasteiger partial charge in [0.25, 0.3) is 0 Å². The van der Waals surface area contributed by atoms with Crippen LogP contribution < -0.4 is 15.4 Å². The summed E-state index contributed by atoms with van der Waals surface area (Å²) >= 11 is 1.17. The van der Waals surface area contributed by atoms with Crippen LogP contribution in [0.5, 0.6) is 5.75 Å². The maximum Gasteiger partial charge on any atom is 0.247 e. The lowest BCUT2D eigenvalue weighted by atomic mass is 9.73. The van der Waals surface area contributed by atoms with E-state index in [1.807, 2.05) is 55.5 Å². The van der Waals surface area contributed by atoms with Crippen LogP contribution in [0.2, 0.25) is 0 Å². The first-order valence-corrected chi connectivity index (χ1v) is 15.0. The Balaban J connectivity index is 1.53. The van der Waals surface area contributed by atoms with Crippen molar-refractivity contribution in [2.75, 3.05) is 24.8 Å². The number of thioether (sulfide) groups is 1. The number of rotatable bonds is 12. The lowest BCUT2D eigenvalue weighted by Gasteiger charge is -2.39. The molecule has 1 atom stereocenters. The van der Waals surface area contributed by atoms with E-state index in [4.69, 9.17) is 9.47 Å². The standard InChI is InChI=1S/C33H38N2O5S/c1-3-40-28-18-20-33(21-19-28,23-41-31(37)25-12-8-5-9-13-25)32(38)35-29(22-24-10-6-4-7-11-24)30(36)34-26-14-16-27(39-2)17-15-26/h4-17,28-29H,3,18-23H2,1-2H3,(H,34,36)(H,35,38)/t28-,29-,33+/m0/s1. The molecule has 7 nitrogen and oxygen atoms in total. The molecule has 0 radical (unpaired) electrons. The first-order chi connectivity index (χ1) is 19.9. The molecule has 1 aliphatic carbocycles. The average Bonchev–Trinajstić information content (AvgIpc) is 3.01. The lowest BCUT2D eigenvalue weighted by Crippen LogP contribution is -2.53. The summed E-state index contributed by atoms with van der Waals surface area (Å²) in [4.78, 5) is 40.6. The van der Waals surface area contributed by atoms with E-state index in [2.05, 4.69) is 10.6 Å². The van der Waals surface area contributed by atoms with Gasteiger partial charge in [0, 0.05) is 30.0 Å². The van der Waals surface area contributed by atoms with Crippen molar-refractivity contribution in [1.82, 2.24) is 5.32 Å². The van der Waals surface area contributed by atoms with Gasteiger partial charge in [-0.3, -0.25) is 14.4 Å². The highest BCUT2D eigenvalue weighted by Crippen LogP contribution is 2.41. The quantitative estimate of drug-likeness (QED) is 0.280. The van der Waals surface area contributed by atoms with Crippen LogP contribution in [-0.2, 0) is 20.7 Å². The number of benzene rings is 3. The van der Waals surface area contributed by atoms with Gasteiger partial charge in [0.2, 0.25) is 16.9 Å². The highest BCUT2D eigenvalue weighted by Gasteiger charge is 2.43. The van der Waals surface area contributed by atoms with Crippen molar-refractivity contribution >= 4 is 34.4 Å². The minimum Gasteiger partial charge on any atom is -0.497 e. The largest absolute Gasteiger partial charge is 0.497 e. The Hall–Kier alpha value is -3.62. The van der Waals surface area contributed by atoms with E-state index in [-0.39, 0.29) is 23.0 Å². The third kappa shape index (κ3) is 8.44. The van der Waals surface area contributed by atoms with E-state index in [0.717, 1.165) is 18.4 Å². The van der Waals surface area contributed by atoms with Crippen molar-refractivity contribution in [1.29, 1.82) is 0 Å². The molecule has 2 amide bonds. The van der Waals surface area contributed by atoms with Crippen LogP contribution in [0, 0.1) is 5.41 Å². The molecule has 0 heterocycles. The summed E-state index contributed by atoms with van der Waals surface area (Å²) in [5, 5.41) is 5.96. The summed E-state index contributed by atoms with van der Waals surface area (Å²) in [5.74, 6) is 0.512. The molecule has 0 saturated heterocycles. The Morgan fingerprint density at radius 2 is 1.56 bits per heavy atom. The number of hydrogen-bond acceptors (Lipinski definition) is 6. The Kier molecular flexibility index (Phi) is 11.0. The minimum absolute atomic E-state index is 0.0669. The lowest BCUT2D eigenvalue weighted by molar-refractivity contribution is -0.136. The molecule has 216 valence electrons. The second kappa shape index (κ2) is 14.8. The van der Waals surface area contributed by atoms with Crippen LogP contribution in [0.4, 0.5) is 5.69 Å². The molecule has 1 aliphatic rings. The number of carbonyl (C=O) groups excluding carboxylic acids is 3. The number of carbonyl (C=O) groups is 3. The summed E-state index contributed by atoms with van der Waals surface area (Å²) in [7, 11) is 1.59. The molecule has 4 rings (SSSR count). The molecule has 3 aromatic carbocycles. The number of methoxy groups -OCH3 is 1. The SMILES string of the molecule is CCO[C@H]1CC[C@@](CSC(=O)c2ccccc2)(C(=O)N[C@@H](Cc2ccccc2)C(=O)Nc2ccc(OC)cc2)CC1. The zero-order valence-corrected chi connectivity index (χ0v) is 24.5. The highest BCUT2D eigenvalue weighted by atomic mass is 32.2. The summed E-state index contributed by atoms with van der Waals surface area (Å²) in [6, 6.07) is 25.0. The van der Waals surface area contributed by atoms with Crippen LogP contribution in [0.25, 0.3) is 0 Å². The molecule has 0 bridgehead atoms. The van der Waals surface area contributed by atoms with Crippen molar-refractivity contribution in [2.24, 2.45) is 5.41 Å². The van der Waals surface area contributed by atoms with Crippen LogP contribution in [0.3, 0.4) is 0 Å². The van der Waals surface area contributed by atoms with E-state index in [0.29, 0.717) is 48.6 Å². The van der Waals surface area contributed by atoms with Crippen LogP contribution in [-0.4, -0.2) is 48.5 Å². The van der Waals surface area contributed by atoms with Gasteiger partial charge >= 0.3 is 0 Å². The number of ether oxygens (including phenoxy) is 2. The number of nitrogens with one attached hydrogen (secondary N) is 2. The highest BCUT2D eigenvalue weighted by molar-refractivity contribution is 8.14. The Bertz CT molecular complexity index is 1280. The average molecular weight is 575 g/mol. The van der Waals surface area contributed by atoms with Gasteiger partial charge < -0.3 is 20.1 Å². The van der Waals surface area contributed by atoms with Gasteiger partial charge in [-0.05, 0) is 62.4 Å². The van der Waals surface area contributed by atoms with Crippen LogP contribution >= 0.6 is 11.8 Å². The second-order valence-corrected chi connectivity index (χ2v) is 11.3. The topological polar surface area (TPSA) is 93.7 Å². The molecule has 2 N–H and O–H groups in total. The van der Waals surface area contributed by atoms with Gasteiger partial charge in [-0.25, -0.2) is 0 Å². The smallest absolute Gasteiger partial charge is 0.247 e. The molecule has 8 heteroatoms. The fourth-order valence-electron chi connectivity index (χ4n) is 5.12. The Morgan fingerprint density at radius 1 is 0.927 bits per heavy atom. The molecule has 1 saturated carbocycles. The molecule has 0 spiro atoms. The van der Waals surface area contributed by atoms with Crippen molar-refractivity contribution in [3.8, 4) is 5.75 Å². The van der Waals surface area contributed by atoms with Gasteiger partial charge in [0.05, 0.1) is 18.6 Å². The monoisotopic (exact) mass is 574 g/mol. The van der Waals surface area contributed by atoms with E-state index >= 15 is 0 Å². The molecule has 0 aromatic heterocycles. The number of hydrogen-bond donors (Lipinski definition) is 2. The fraction of sp³-hybridized carbons (Fsp3) is 0.364. The first-order valence-electron chi connectivity index (χ1n) is 14.1. The van der Waals surface area contributed by atoms with Gasteiger partial charge in [0.15, 0.2) is 0 Å². The van der Waals surface area contributed by atoms with E-state index in [1.165, 1.54) is 11.8 Å².